The second-order valence-corrected chi connectivity index (χ2v) is 4.62. The van der Waals surface area contributed by atoms with Crippen molar-refractivity contribution in [3.05, 3.63) is 29.1 Å². The van der Waals surface area contributed by atoms with Gasteiger partial charge in [-0.2, -0.15) is 0 Å². The molecule has 1 rings (SSSR count). The van der Waals surface area contributed by atoms with Gasteiger partial charge < -0.3 is 0 Å². The number of halogens is 2. The van der Waals surface area contributed by atoms with Crippen LogP contribution in [0.2, 0.25) is 0 Å². The number of nitriles is 1. The molecule has 2 N–H and O–H groups in total. The zero-order valence-corrected chi connectivity index (χ0v) is 13.6. The third kappa shape index (κ3) is 2.22. The molecule has 3 nitrogen and oxygen atoms in total. The van der Waals surface area contributed by atoms with Gasteiger partial charge in [-0.15, -0.1) is 0 Å². The van der Waals surface area contributed by atoms with E-state index in [0.29, 0.717) is 31.8 Å². The van der Waals surface area contributed by atoms with E-state index in [2.05, 4.69) is 3.13 Å². The van der Waals surface area contributed by atoms with E-state index in [1.165, 1.54) is 6.07 Å². The minimum absolute atomic E-state index is 0.0228. The summed E-state index contributed by atoms with van der Waals surface area (Å²) in [6.45, 7) is 0. The molecule has 0 fully saturated rings. The second kappa shape index (κ2) is 5.02. The first-order valence-corrected chi connectivity index (χ1v) is 6.87. The fourth-order valence-electron chi connectivity index (χ4n) is 0.997. The van der Waals surface area contributed by atoms with Gasteiger partial charge in [0.1, 0.15) is 0 Å². The Balaban J connectivity index is 3.49. The van der Waals surface area contributed by atoms with Crippen molar-refractivity contribution in [2.75, 3.05) is 3.13 Å². The normalized spacial score (nSPS) is 9.14. The van der Waals surface area contributed by atoms with Crippen LogP contribution in [0.25, 0.3) is 0 Å². The van der Waals surface area contributed by atoms with Crippen LogP contribution in [0.3, 0.4) is 0 Å². The molecule has 0 radical (unpaired) electrons. The molecule has 0 unspecified atom stereocenters. The van der Waals surface area contributed by atoms with Crippen molar-refractivity contribution in [1.82, 2.24) is 0 Å². The first-order valence-electron chi connectivity index (χ1n) is 3.55. The van der Waals surface area contributed by atoms with Crippen LogP contribution in [0.5, 0.6) is 0 Å². The Morgan fingerprint density at radius 1 is 1.64 bits per heavy atom. The Bertz CT molecular complexity index is 427. The average Bonchev–Trinajstić information content (AvgIpc) is 2.16. The number of anilines is 1. The van der Waals surface area contributed by atoms with Gasteiger partial charge in [0.15, 0.2) is 0 Å². The van der Waals surface area contributed by atoms with Crippen LogP contribution >= 0.6 is 22.6 Å². The minimum atomic E-state index is -0.613. The number of nitrogens with one attached hydrogen (secondary N) is 2. The van der Waals surface area contributed by atoms with E-state index < -0.39 is 5.82 Å². The molecule has 1 aromatic carbocycles. The van der Waals surface area contributed by atoms with Crippen LogP contribution in [0, 0.1) is 22.6 Å². The van der Waals surface area contributed by atoms with E-state index in [4.69, 9.17) is 10.7 Å². The zero-order chi connectivity index (χ0) is 10.7. The molecular weight excluding hydrogens is 488 g/mol. The molecule has 14 heavy (non-hydrogen) atoms. The third-order valence-electron chi connectivity index (χ3n) is 1.64. The maximum atomic E-state index is 13.6. The molecule has 0 saturated carbocycles. The Morgan fingerprint density at radius 2 is 2.29 bits per heavy atom. The first kappa shape index (κ1) is 11.8. The molecule has 6 heteroatoms. The standard InChI is InChI=1S/C8H4FIN3.Tl/c9-7-4(3-11)1-2-5(12)6(7)8(10)13;/h1-2,12-13H;/q-1;+1. The summed E-state index contributed by atoms with van der Waals surface area (Å²) in [5.41, 5.74) is 0.753. The monoisotopic (exact) mass is 493 g/mol. The third-order valence-corrected chi connectivity index (χ3v) is 3.39. The SMILES string of the molecule is N#Cc1ccc([NH][Tl])c(C(=N)I)c1F. The quantitative estimate of drug-likeness (QED) is 0.377. The molecule has 68 valence electrons. The summed E-state index contributed by atoms with van der Waals surface area (Å²) in [5, 5.41) is 16.0. The molecule has 0 aliphatic carbocycles. The number of nitrogens with zero attached hydrogens (tertiary/aromatic N) is 1. The van der Waals surface area contributed by atoms with Crippen molar-refractivity contribution in [3.8, 4) is 6.07 Å². The fraction of sp³-hybridized carbons (Fsp3) is 0. The second-order valence-electron chi connectivity index (χ2n) is 2.42. The predicted molar refractivity (Wildman–Crippen MR) is 61.3 cm³/mol. The molecule has 1 aromatic rings. The van der Waals surface area contributed by atoms with E-state index in [1.807, 2.05) is 0 Å². The summed E-state index contributed by atoms with van der Waals surface area (Å²) in [6, 6.07) is 4.80. The summed E-state index contributed by atoms with van der Waals surface area (Å²) >= 11 is 2.20. The predicted octanol–water partition coefficient (Wildman–Crippen LogP) is 1.95. The summed E-state index contributed by atoms with van der Waals surface area (Å²) in [4.78, 5) is 0. The molecule has 0 saturated heterocycles. The summed E-state index contributed by atoms with van der Waals surface area (Å²) in [7, 11) is 0. The van der Waals surface area contributed by atoms with Crippen LogP contribution in [-0.2, 0) is 0 Å². The van der Waals surface area contributed by atoms with Gasteiger partial charge in [-0.25, -0.2) is 0 Å². The van der Waals surface area contributed by atoms with E-state index in [0.717, 1.165) is 0 Å². The van der Waals surface area contributed by atoms with Gasteiger partial charge in [0.05, 0.1) is 0 Å². The van der Waals surface area contributed by atoms with Gasteiger partial charge >= 0.3 is 111 Å². The van der Waals surface area contributed by atoms with E-state index in [-0.39, 0.29) is 14.8 Å². The Kier molecular flexibility index (Phi) is 4.24. The average molecular weight is 492 g/mol. The van der Waals surface area contributed by atoms with Gasteiger partial charge in [0.2, 0.25) is 0 Å². The number of hydrogen-bond acceptors (Lipinski definition) is 3. The van der Waals surface area contributed by atoms with Crippen LogP contribution < -0.4 is 3.13 Å². The summed E-state index contributed by atoms with van der Waals surface area (Å²) in [6.07, 6.45) is 0. The van der Waals surface area contributed by atoms with Crippen molar-refractivity contribution >= 4 is 58.1 Å². The number of rotatable bonds is 2. The van der Waals surface area contributed by atoms with Crippen LogP contribution in [-0.4, -0.2) is 29.8 Å². The van der Waals surface area contributed by atoms with Gasteiger partial charge in [0, 0.05) is 0 Å². The molecule has 0 atom stereocenters. The molecule has 0 bridgehead atoms. The van der Waals surface area contributed by atoms with E-state index in [9.17, 15) is 4.39 Å². The Labute approximate surface area is 110 Å². The summed E-state index contributed by atoms with van der Waals surface area (Å²) < 4.78 is 16.6. The Hall–Kier alpha value is -0.238. The van der Waals surface area contributed by atoms with E-state index >= 15 is 0 Å². The van der Waals surface area contributed by atoms with Crippen molar-refractivity contribution in [1.29, 1.82) is 10.7 Å². The molecule has 0 heterocycles. The molecule has 0 aliphatic heterocycles. The van der Waals surface area contributed by atoms with Crippen molar-refractivity contribution in [2.45, 2.75) is 0 Å². The van der Waals surface area contributed by atoms with Gasteiger partial charge in [-0.05, 0) is 0 Å². The number of hydrogen-bond donors (Lipinski definition) is 2. The maximum absolute atomic E-state index is 13.6. The molecular formula is C8H4FIN3Tl. The van der Waals surface area contributed by atoms with Crippen LogP contribution in [0.1, 0.15) is 11.1 Å². The van der Waals surface area contributed by atoms with Crippen LogP contribution in [0.15, 0.2) is 12.1 Å². The van der Waals surface area contributed by atoms with Crippen LogP contribution in [0.4, 0.5) is 10.1 Å². The summed E-state index contributed by atoms with van der Waals surface area (Å²) in [5.74, 6) is -0.613. The van der Waals surface area contributed by atoms with Gasteiger partial charge in [-0.1, -0.05) is 0 Å². The van der Waals surface area contributed by atoms with Crippen molar-refractivity contribution in [2.24, 2.45) is 0 Å². The van der Waals surface area contributed by atoms with Gasteiger partial charge in [0.25, 0.3) is 0 Å². The molecule has 0 aliphatic rings. The Morgan fingerprint density at radius 3 is 2.71 bits per heavy atom. The fourth-order valence-corrected chi connectivity index (χ4v) is 2.46. The van der Waals surface area contributed by atoms with E-state index in [1.54, 1.807) is 34.7 Å². The number of benzene rings is 1. The van der Waals surface area contributed by atoms with Gasteiger partial charge in [-0.3, -0.25) is 0 Å². The molecule has 0 spiro atoms. The topological polar surface area (TPSA) is 59.7 Å². The molecule has 0 amide bonds. The zero-order valence-electron chi connectivity index (χ0n) is 6.94. The first-order chi connectivity index (χ1) is 6.61. The molecule has 0 aromatic heterocycles. The van der Waals surface area contributed by atoms with Crippen molar-refractivity contribution in [3.63, 3.8) is 0 Å². The van der Waals surface area contributed by atoms with Crippen molar-refractivity contribution < 1.29 is 4.39 Å².